The van der Waals surface area contributed by atoms with Gasteiger partial charge in [0.1, 0.15) is 14.6 Å². The first-order valence-corrected chi connectivity index (χ1v) is 8.02. The molecule has 2 N–H and O–H groups in total. The summed E-state index contributed by atoms with van der Waals surface area (Å²) in [7, 11) is 4.32. The highest BCUT2D eigenvalue weighted by atomic mass is 32.7. The summed E-state index contributed by atoms with van der Waals surface area (Å²) in [4.78, 5) is 17.2. The van der Waals surface area contributed by atoms with Gasteiger partial charge in [-0.05, 0) is 17.1 Å². The maximum absolute atomic E-state index is 10.5. The van der Waals surface area contributed by atoms with Crippen LogP contribution >= 0.6 is 18.2 Å². The predicted molar refractivity (Wildman–Crippen MR) is 65.3 cm³/mol. The molecule has 0 aliphatic carbocycles. The maximum atomic E-state index is 10.5. The van der Waals surface area contributed by atoms with E-state index in [2.05, 4.69) is 28.4 Å². The number of hydrogen-bond donors (Lipinski definition) is 2. The molecule has 0 rings (SSSR count). The van der Waals surface area contributed by atoms with Gasteiger partial charge in [0.25, 0.3) is 0 Å². The van der Waals surface area contributed by atoms with Crippen molar-refractivity contribution in [1.82, 2.24) is 0 Å². The molecular formula is C7H17B2O3PS. The van der Waals surface area contributed by atoms with E-state index in [1.54, 1.807) is 0 Å². The van der Waals surface area contributed by atoms with Crippen LogP contribution in [0.15, 0.2) is 0 Å². The van der Waals surface area contributed by atoms with E-state index < -0.39 is 6.80 Å². The first-order chi connectivity index (χ1) is 6.45. The lowest BCUT2D eigenvalue weighted by molar-refractivity contribution is 0.397. The molecule has 80 valence electrons. The molecule has 0 saturated heterocycles. The zero-order valence-electron chi connectivity index (χ0n) is 8.72. The highest BCUT2D eigenvalue weighted by Gasteiger charge is 2.13. The fraction of sp³-hybridized carbons (Fsp3) is 1.00. The minimum Gasteiger partial charge on any atom is -0.317 e. The van der Waals surface area contributed by atoms with E-state index in [0.29, 0.717) is 11.5 Å². The highest BCUT2D eigenvalue weighted by Crippen LogP contribution is 2.50. The van der Waals surface area contributed by atoms with Crippen LogP contribution < -0.4 is 0 Å². The lowest BCUT2D eigenvalue weighted by Crippen LogP contribution is -2.07. The van der Waals surface area contributed by atoms with Gasteiger partial charge in [0, 0.05) is 0 Å². The SMILES string of the molecule is CCC[B][C@@H](C)[B]CCSP(=O)(O)O. The van der Waals surface area contributed by atoms with Crippen molar-refractivity contribution in [1.29, 1.82) is 0 Å². The molecule has 0 fully saturated rings. The summed E-state index contributed by atoms with van der Waals surface area (Å²) in [5.74, 6) is 0.495. The standard InChI is InChI=1S/C7H17B2O3PS/c1-3-4-8-7(2)9-5-6-14-13(10,11)12/h7H,3-6H2,1-2H3,(H2,10,11,12)/t7-/m1/s1. The molecule has 0 aromatic heterocycles. The Hall–Kier alpha value is 0.630. The fourth-order valence-electron chi connectivity index (χ4n) is 1.03. The molecule has 0 heterocycles. The summed E-state index contributed by atoms with van der Waals surface area (Å²) < 4.78 is 10.5. The van der Waals surface area contributed by atoms with Crippen LogP contribution in [-0.2, 0) is 4.57 Å². The number of rotatable bonds is 8. The zero-order chi connectivity index (χ0) is 11.0. The van der Waals surface area contributed by atoms with Gasteiger partial charge in [0.2, 0.25) is 0 Å². The molecule has 14 heavy (non-hydrogen) atoms. The molecule has 0 aliphatic rings. The molecule has 0 aliphatic heterocycles. The summed E-state index contributed by atoms with van der Waals surface area (Å²) in [6.07, 6.45) is 3.00. The van der Waals surface area contributed by atoms with E-state index in [4.69, 9.17) is 9.79 Å². The van der Waals surface area contributed by atoms with Crippen molar-refractivity contribution in [3.8, 4) is 0 Å². The molecular weight excluding hydrogens is 217 g/mol. The number of hydrogen-bond acceptors (Lipinski definition) is 2. The van der Waals surface area contributed by atoms with Gasteiger partial charge >= 0.3 is 6.80 Å². The topological polar surface area (TPSA) is 57.5 Å². The molecule has 2 radical (unpaired) electrons. The lowest BCUT2D eigenvalue weighted by atomic mass is 9.43. The first-order valence-electron chi connectivity index (χ1n) is 4.82. The summed E-state index contributed by atoms with van der Waals surface area (Å²) in [6, 6.07) is 0. The van der Waals surface area contributed by atoms with Gasteiger partial charge in [-0.3, -0.25) is 0 Å². The Labute approximate surface area is 91.8 Å². The van der Waals surface area contributed by atoms with E-state index in [1.807, 2.05) is 0 Å². The van der Waals surface area contributed by atoms with Crippen LogP contribution in [0.3, 0.4) is 0 Å². The van der Waals surface area contributed by atoms with E-state index in [9.17, 15) is 4.57 Å². The Bertz CT molecular complexity index is 188. The summed E-state index contributed by atoms with van der Waals surface area (Å²) >= 11 is 0.721. The van der Waals surface area contributed by atoms with Gasteiger partial charge in [-0.25, -0.2) is 4.57 Å². The van der Waals surface area contributed by atoms with E-state index in [0.717, 1.165) is 30.4 Å². The minimum absolute atomic E-state index is 0.437. The van der Waals surface area contributed by atoms with Crippen molar-refractivity contribution in [3.63, 3.8) is 0 Å². The Morgan fingerprint density at radius 2 is 1.93 bits per heavy atom. The minimum atomic E-state index is -3.86. The maximum Gasteiger partial charge on any atom is 0.383 e. The molecule has 0 bridgehead atoms. The van der Waals surface area contributed by atoms with Gasteiger partial charge in [0.15, 0.2) is 0 Å². The molecule has 0 saturated carbocycles. The summed E-state index contributed by atoms with van der Waals surface area (Å²) in [5.41, 5.74) is 0.437. The second-order valence-electron chi connectivity index (χ2n) is 3.23. The van der Waals surface area contributed by atoms with Gasteiger partial charge in [-0.1, -0.05) is 38.6 Å². The summed E-state index contributed by atoms with van der Waals surface area (Å²) in [6.45, 7) is 0.367. The second kappa shape index (κ2) is 7.86. The molecule has 1 atom stereocenters. The van der Waals surface area contributed by atoms with Crippen LogP contribution in [0.5, 0.6) is 0 Å². The molecule has 3 nitrogen and oxygen atoms in total. The van der Waals surface area contributed by atoms with Crippen LogP contribution in [0.25, 0.3) is 0 Å². The quantitative estimate of drug-likeness (QED) is 0.384. The smallest absolute Gasteiger partial charge is 0.317 e. The van der Waals surface area contributed by atoms with Crippen molar-refractivity contribution in [3.05, 3.63) is 0 Å². The van der Waals surface area contributed by atoms with Gasteiger partial charge in [-0.15, -0.1) is 0 Å². The van der Waals surface area contributed by atoms with E-state index in [-0.39, 0.29) is 0 Å². The van der Waals surface area contributed by atoms with Gasteiger partial charge in [0.05, 0.1) is 0 Å². The van der Waals surface area contributed by atoms with E-state index >= 15 is 0 Å². The third kappa shape index (κ3) is 10.7. The van der Waals surface area contributed by atoms with E-state index in [1.165, 1.54) is 0 Å². The van der Waals surface area contributed by atoms with Crippen molar-refractivity contribution < 1.29 is 14.4 Å². The molecule has 7 heteroatoms. The lowest BCUT2D eigenvalue weighted by Gasteiger charge is -2.07. The molecule has 0 spiro atoms. The average molecular weight is 234 g/mol. The van der Waals surface area contributed by atoms with Crippen LogP contribution in [0, 0.1) is 0 Å². The van der Waals surface area contributed by atoms with Crippen LogP contribution in [0.1, 0.15) is 20.3 Å². The second-order valence-corrected chi connectivity index (χ2v) is 7.08. The zero-order valence-corrected chi connectivity index (χ0v) is 10.4. The Morgan fingerprint density at radius 1 is 1.36 bits per heavy atom. The normalized spacial score (nSPS) is 13.7. The molecule has 0 unspecified atom stereocenters. The van der Waals surface area contributed by atoms with Gasteiger partial charge in [-0.2, -0.15) is 0 Å². The third-order valence-corrected chi connectivity index (χ3v) is 4.05. The highest BCUT2D eigenvalue weighted by molar-refractivity contribution is 8.54. The molecule has 0 aromatic rings. The molecule has 0 aromatic carbocycles. The average Bonchev–Trinajstić information content (AvgIpc) is 2.07. The fourth-order valence-corrected chi connectivity index (χ4v) is 2.54. The largest absolute Gasteiger partial charge is 0.383 e. The first kappa shape index (κ1) is 14.6. The van der Waals surface area contributed by atoms with Gasteiger partial charge < -0.3 is 9.79 Å². The Morgan fingerprint density at radius 3 is 2.43 bits per heavy atom. The Balaban J connectivity index is 3.31. The summed E-state index contributed by atoms with van der Waals surface area (Å²) in [5, 5.41) is 0. The van der Waals surface area contributed by atoms with Crippen LogP contribution in [0.4, 0.5) is 0 Å². The van der Waals surface area contributed by atoms with Crippen LogP contribution in [-0.4, -0.2) is 30.1 Å². The predicted octanol–water partition coefficient (Wildman–Crippen LogP) is 2.23. The Kier molecular flexibility index (Phi) is 8.22. The van der Waals surface area contributed by atoms with Crippen molar-refractivity contribution in [2.75, 3.05) is 5.75 Å². The van der Waals surface area contributed by atoms with Crippen molar-refractivity contribution >= 4 is 32.7 Å². The van der Waals surface area contributed by atoms with Crippen molar-refractivity contribution in [2.45, 2.75) is 38.6 Å². The van der Waals surface area contributed by atoms with Crippen molar-refractivity contribution in [2.24, 2.45) is 0 Å². The third-order valence-electron chi connectivity index (χ3n) is 1.74. The van der Waals surface area contributed by atoms with Crippen LogP contribution in [0.2, 0.25) is 18.4 Å². The molecule has 0 amide bonds. The monoisotopic (exact) mass is 234 g/mol.